The Labute approximate surface area is 166 Å². The zero-order valence-electron chi connectivity index (χ0n) is 16.0. The van der Waals surface area contributed by atoms with E-state index in [0.29, 0.717) is 11.3 Å². The zero-order chi connectivity index (χ0) is 21.0. The molecule has 2 N–H and O–H groups in total. The van der Waals surface area contributed by atoms with Crippen molar-refractivity contribution in [2.45, 2.75) is 32.4 Å². The average Bonchev–Trinajstić information content (AvgIpc) is 2.67. The van der Waals surface area contributed by atoms with Gasteiger partial charge >= 0.3 is 11.6 Å². The number of rotatable bonds is 7. The van der Waals surface area contributed by atoms with Crippen LogP contribution >= 0.6 is 0 Å². The number of nitrogens with one attached hydrogen (secondary N) is 1. The molecule has 7 heteroatoms. The van der Waals surface area contributed by atoms with Gasteiger partial charge in [0.05, 0.1) is 0 Å². The largest absolute Gasteiger partial charge is 0.481 e. The average molecular weight is 395 g/mol. The maximum atomic E-state index is 12.5. The fraction of sp³-hybridized carbons (Fsp3) is 0.227. The molecule has 2 atom stereocenters. The van der Waals surface area contributed by atoms with Gasteiger partial charge in [-0.2, -0.15) is 0 Å². The number of hydrogen-bond acceptors (Lipinski definition) is 5. The smallest absolute Gasteiger partial charge is 0.336 e. The second-order valence-corrected chi connectivity index (χ2v) is 6.76. The minimum Gasteiger partial charge on any atom is -0.481 e. The summed E-state index contributed by atoms with van der Waals surface area (Å²) in [5.74, 6) is -1.35. The number of aryl methyl sites for hydroxylation is 1. The zero-order valence-corrected chi connectivity index (χ0v) is 16.0. The van der Waals surface area contributed by atoms with Gasteiger partial charge in [0.15, 0.2) is 6.10 Å². The lowest BCUT2D eigenvalue weighted by Gasteiger charge is -2.19. The Morgan fingerprint density at radius 2 is 1.86 bits per heavy atom. The summed E-state index contributed by atoms with van der Waals surface area (Å²) in [5.41, 5.74) is 1.46. The van der Waals surface area contributed by atoms with Gasteiger partial charge in [-0.15, -0.1) is 0 Å². The van der Waals surface area contributed by atoms with Crippen LogP contribution < -0.4 is 15.7 Å². The Morgan fingerprint density at radius 1 is 1.14 bits per heavy atom. The Balaban J connectivity index is 1.70. The summed E-state index contributed by atoms with van der Waals surface area (Å²) in [6.45, 7) is 3.32. The van der Waals surface area contributed by atoms with E-state index < -0.39 is 29.6 Å². The monoisotopic (exact) mass is 395 g/mol. The van der Waals surface area contributed by atoms with Gasteiger partial charge in [0.25, 0.3) is 5.91 Å². The Kier molecular flexibility index (Phi) is 5.97. The maximum absolute atomic E-state index is 12.5. The fourth-order valence-corrected chi connectivity index (χ4v) is 2.98. The van der Waals surface area contributed by atoms with E-state index in [4.69, 9.17) is 9.15 Å². The van der Waals surface area contributed by atoms with Crippen LogP contribution in [0.4, 0.5) is 0 Å². The first kappa shape index (κ1) is 20.1. The highest BCUT2D eigenvalue weighted by Crippen LogP contribution is 2.23. The van der Waals surface area contributed by atoms with E-state index >= 15 is 0 Å². The van der Waals surface area contributed by atoms with Crippen molar-refractivity contribution in [2.75, 3.05) is 0 Å². The molecular formula is C22H21NO6. The molecule has 0 fully saturated rings. The van der Waals surface area contributed by atoms with E-state index in [9.17, 15) is 19.5 Å². The summed E-state index contributed by atoms with van der Waals surface area (Å²) in [4.78, 5) is 35.5. The van der Waals surface area contributed by atoms with Crippen molar-refractivity contribution >= 4 is 22.8 Å². The predicted octanol–water partition coefficient (Wildman–Crippen LogP) is 2.68. The first-order valence-electron chi connectivity index (χ1n) is 9.12. The molecule has 3 aromatic rings. The molecule has 0 unspecified atom stereocenters. The van der Waals surface area contributed by atoms with Gasteiger partial charge < -0.3 is 19.6 Å². The topological polar surface area (TPSA) is 106 Å². The Bertz CT molecular complexity index is 1090. The van der Waals surface area contributed by atoms with Crippen molar-refractivity contribution in [3.63, 3.8) is 0 Å². The minimum atomic E-state index is -1.13. The Morgan fingerprint density at radius 3 is 2.55 bits per heavy atom. The van der Waals surface area contributed by atoms with Crippen LogP contribution in [0.25, 0.3) is 11.0 Å². The van der Waals surface area contributed by atoms with Gasteiger partial charge in [0.2, 0.25) is 0 Å². The minimum absolute atomic E-state index is 0.162. The molecule has 2 aromatic carbocycles. The van der Waals surface area contributed by atoms with E-state index in [1.54, 1.807) is 31.2 Å². The number of hydrogen-bond donors (Lipinski definition) is 2. The summed E-state index contributed by atoms with van der Waals surface area (Å²) in [5, 5.41) is 12.7. The van der Waals surface area contributed by atoms with Crippen molar-refractivity contribution in [3.8, 4) is 5.75 Å². The molecule has 0 bridgehead atoms. The number of fused-ring (bicyclic) bond motifs is 1. The van der Waals surface area contributed by atoms with Gasteiger partial charge in [0.1, 0.15) is 17.4 Å². The summed E-state index contributed by atoms with van der Waals surface area (Å²) in [6, 6.07) is 14.3. The summed E-state index contributed by atoms with van der Waals surface area (Å²) in [7, 11) is 0. The van der Waals surface area contributed by atoms with E-state index in [0.717, 1.165) is 16.5 Å². The molecule has 0 aliphatic rings. The normalized spacial score (nSPS) is 12.9. The highest BCUT2D eigenvalue weighted by atomic mass is 16.5. The molecule has 3 rings (SSSR count). The van der Waals surface area contributed by atoms with Gasteiger partial charge in [-0.3, -0.25) is 4.79 Å². The summed E-state index contributed by atoms with van der Waals surface area (Å²) >= 11 is 0. The summed E-state index contributed by atoms with van der Waals surface area (Å²) in [6.07, 6.45) is -0.781. The Hall–Kier alpha value is -3.61. The molecule has 0 aliphatic heterocycles. The quantitative estimate of drug-likeness (QED) is 0.596. The van der Waals surface area contributed by atoms with Crippen LogP contribution in [0.3, 0.4) is 0 Å². The molecule has 0 saturated heterocycles. The highest BCUT2D eigenvalue weighted by Gasteiger charge is 2.24. The van der Waals surface area contributed by atoms with Gasteiger partial charge in [-0.1, -0.05) is 30.3 Å². The van der Waals surface area contributed by atoms with Crippen LogP contribution in [0.15, 0.2) is 63.8 Å². The van der Waals surface area contributed by atoms with Crippen LogP contribution in [-0.4, -0.2) is 29.1 Å². The van der Waals surface area contributed by atoms with E-state index in [1.165, 1.54) is 19.1 Å². The van der Waals surface area contributed by atoms with Crippen molar-refractivity contribution in [1.82, 2.24) is 5.32 Å². The second-order valence-electron chi connectivity index (χ2n) is 6.76. The molecule has 0 aliphatic carbocycles. The van der Waals surface area contributed by atoms with Crippen LogP contribution in [-0.2, 0) is 16.0 Å². The van der Waals surface area contributed by atoms with Gasteiger partial charge in [-0.05, 0) is 37.1 Å². The molecule has 1 heterocycles. The number of amides is 1. The standard InChI is InChI=1S/C22H21NO6/c1-13-10-20(24)29-19-12-16(8-9-17(13)19)28-14(2)21(25)23-18(22(26)27)11-15-6-4-3-5-7-15/h3-10,12,14,18H,11H2,1-2H3,(H,23,25)(H,26,27)/t14-,18+/m1/s1. The number of carboxylic acid groups (broad SMARTS) is 1. The summed E-state index contributed by atoms with van der Waals surface area (Å²) < 4.78 is 10.8. The molecule has 150 valence electrons. The number of ether oxygens (including phenoxy) is 1. The number of carbonyl (C=O) groups is 2. The molecule has 0 spiro atoms. The lowest BCUT2D eigenvalue weighted by molar-refractivity contribution is -0.142. The van der Waals surface area contributed by atoms with Gasteiger partial charge in [0, 0.05) is 23.9 Å². The van der Waals surface area contributed by atoms with E-state index in [1.807, 2.05) is 18.2 Å². The van der Waals surface area contributed by atoms with Crippen LogP contribution in [0, 0.1) is 6.92 Å². The van der Waals surface area contributed by atoms with Gasteiger partial charge in [-0.25, -0.2) is 9.59 Å². The van der Waals surface area contributed by atoms with Crippen LogP contribution in [0.2, 0.25) is 0 Å². The lowest BCUT2D eigenvalue weighted by Crippen LogP contribution is -2.47. The lowest BCUT2D eigenvalue weighted by atomic mass is 10.1. The van der Waals surface area contributed by atoms with Crippen molar-refractivity contribution in [2.24, 2.45) is 0 Å². The molecule has 29 heavy (non-hydrogen) atoms. The predicted molar refractivity (Wildman–Crippen MR) is 107 cm³/mol. The molecule has 7 nitrogen and oxygen atoms in total. The van der Waals surface area contributed by atoms with Crippen LogP contribution in [0.1, 0.15) is 18.1 Å². The second kappa shape index (κ2) is 8.60. The maximum Gasteiger partial charge on any atom is 0.336 e. The third kappa shape index (κ3) is 5.01. The third-order valence-corrected chi connectivity index (χ3v) is 4.50. The van der Waals surface area contributed by atoms with Crippen molar-refractivity contribution < 1.29 is 23.8 Å². The molecule has 1 aromatic heterocycles. The number of carbonyl (C=O) groups excluding carboxylic acids is 1. The molecule has 0 saturated carbocycles. The molecule has 1 amide bonds. The number of benzene rings is 2. The number of carboxylic acids is 1. The first-order chi connectivity index (χ1) is 13.8. The van der Waals surface area contributed by atoms with E-state index in [-0.39, 0.29) is 6.42 Å². The highest BCUT2D eigenvalue weighted by molar-refractivity contribution is 5.86. The fourth-order valence-electron chi connectivity index (χ4n) is 2.98. The van der Waals surface area contributed by atoms with Crippen molar-refractivity contribution in [1.29, 1.82) is 0 Å². The van der Waals surface area contributed by atoms with E-state index in [2.05, 4.69) is 5.32 Å². The molecule has 0 radical (unpaired) electrons. The first-order valence-corrected chi connectivity index (χ1v) is 9.12. The third-order valence-electron chi connectivity index (χ3n) is 4.50. The molecular weight excluding hydrogens is 374 g/mol. The number of aliphatic carboxylic acids is 1. The van der Waals surface area contributed by atoms with Crippen LogP contribution in [0.5, 0.6) is 5.75 Å². The SMILES string of the molecule is Cc1cc(=O)oc2cc(O[C@H](C)C(=O)N[C@@H](Cc3ccccc3)C(=O)O)ccc12. The van der Waals surface area contributed by atoms with Crippen molar-refractivity contribution in [3.05, 3.63) is 76.1 Å².